The lowest BCUT2D eigenvalue weighted by atomic mass is 10.2. The Bertz CT molecular complexity index is 592. The Labute approximate surface area is 142 Å². The summed E-state index contributed by atoms with van der Waals surface area (Å²) in [5, 5.41) is 4.26. The Kier molecular flexibility index (Phi) is 6.77. The van der Waals surface area contributed by atoms with E-state index in [2.05, 4.69) is 99.2 Å². The molecule has 2 aromatic carbocycles. The van der Waals surface area contributed by atoms with E-state index in [4.69, 9.17) is 0 Å². The first kappa shape index (κ1) is 17.7. The second-order valence-corrected chi connectivity index (χ2v) is 8.20. The van der Waals surface area contributed by atoms with E-state index in [1.807, 2.05) is 6.08 Å². The van der Waals surface area contributed by atoms with Crippen molar-refractivity contribution in [2.75, 3.05) is 14.1 Å². The second-order valence-electron chi connectivity index (χ2n) is 5.92. The van der Waals surface area contributed by atoms with Crippen LogP contribution in [-0.2, 0) is 0 Å². The fraction of sp³-hybridized carbons (Fsp3) is 0.238. The number of nitrogens with zero attached hydrogens (tertiary/aromatic N) is 1. The zero-order valence-electron chi connectivity index (χ0n) is 14.3. The molecule has 2 heteroatoms. The van der Waals surface area contributed by atoms with Crippen LogP contribution >= 0.6 is 7.92 Å². The van der Waals surface area contributed by atoms with Crippen molar-refractivity contribution in [1.29, 1.82) is 0 Å². The van der Waals surface area contributed by atoms with Crippen molar-refractivity contribution >= 4 is 18.5 Å². The summed E-state index contributed by atoms with van der Waals surface area (Å²) in [6, 6.07) is 22.2. The van der Waals surface area contributed by atoms with Gasteiger partial charge < -0.3 is 4.90 Å². The topological polar surface area (TPSA) is 3.24 Å². The summed E-state index contributed by atoms with van der Waals surface area (Å²) in [4.78, 5) is 2.28. The molecule has 0 aromatic heterocycles. The van der Waals surface area contributed by atoms with E-state index in [9.17, 15) is 0 Å². The largest absolute Gasteiger partial charge is 0.306 e. The normalized spacial score (nSPS) is 13.3. The molecule has 0 aliphatic rings. The van der Waals surface area contributed by atoms with E-state index in [0.717, 1.165) is 6.42 Å². The summed E-state index contributed by atoms with van der Waals surface area (Å²) < 4.78 is 0. The SMILES string of the molecule is C=C/C=C(\C[C@@H](C)N(C)C)P(c1ccccc1)c1ccccc1. The molecule has 0 saturated heterocycles. The molecule has 23 heavy (non-hydrogen) atoms. The summed E-state index contributed by atoms with van der Waals surface area (Å²) >= 11 is 0. The molecule has 0 bridgehead atoms. The molecule has 0 amide bonds. The molecule has 0 radical (unpaired) electrons. The highest BCUT2D eigenvalue weighted by Gasteiger charge is 2.20. The third-order valence-corrected chi connectivity index (χ3v) is 6.55. The van der Waals surface area contributed by atoms with Gasteiger partial charge in [0.25, 0.3) is 0 Å². The lowest BCUT2D eigenvalue weighted by molar-refractivity contribution is 0.315. The van der Waals surface area contributed by atoms with Crippen molar-refractivity contribution in [2.45, 2.75) is 19.4 Å². The van der Waals surface area contributed by atoms with Crippen LogP contribution in [0.2, 0.25) is 0 Å². The van der Waals surface area contributed by atoms with E-state index >= 15 is 0 Å². The van der Waals surface area contributed by atoms with Gasteiger partial charge in [-0.1, -0.05) is 79.4 Å². The van der Waals surface area contributed by atoms with Crippen molar-refractivity contribution in [1.82, 2.24) is 4.90 Å². The van der Waals surface area contributed by atoms with Gasteiger partial charge in [-0.15, -0.1) is 0 Å². The van der Waals surface area contributed by atoms with Gasteiger partial charge in [0.2, 0.25) is 0 Å². The molecular formula is C21H26NP. The maximum absolute atomic E-state index is 3.94. The molecule has 0 saturated carbocycles. The maximum Gasteiger partial charge on any atom is 0.0102 e. The lowest BCUT2D eigenvalue weighted by Gasteiger charge is -2.27. The zero-order chi connectivity index (χ0) is 16.7. The van der Waals surface area contributed by atoms with Gasteiger partial charge in [-0.2, -0.15) is 0 Å². The number of rotatable bonds is 7. The summed E-state index contributed by atoms with van der Waals surface area (Å²) in [5.74, 6) is 0. The highest BCUT2D eigenvalue weighted by atomic mass is 31.1. The minimum Gasteiger partial charge on any atom is -0.306 e. The molecule has 1 nitrogen and oxygen atoms in total. The molecule has 0 unspecified atom stereocenters. The molecule has 120 valence electrons. The van der Waals surface area contributed by atoms with Crippen LogP contribution in [0.1, 0.15) is 13.3 Å². The molecule has 0 spiro atoms. The fourth-order valence-corrected chi connectivity index (χ4v) is 5.09. The van der Waals surface area contributed by atoms with Gasteiger partial charge in [-0.3, -0.25) is 0 Å². The minimum atomic E-state index is -0.514. The summed E-state index contributed by atoms with van der Waals surface area (Å²) in [5.41, 5.74) is 0. The monoisotopic (exact) mass is 323 g/mol. The van der Waals surface area contributed by atoms with Gasteiger partial charge in [0.05, 0.1) is 0 Å². The third kappa shape index (κ3) is 4.89. The van der Waals surface area contributed by atoms with E-state index < -0.39 is 7.92 Å². The predicted octanol–water partition coefficient (Wildman–Crippen LogP) is 4.53. The van der Waals surface area contributed by atoms with Gasteiger partial charge in [-0.25, -0.2) is 0 Å². The standard InChI is InChI=1S/C21H26NP/c1-5-12-21(17-18(2)22(3)4)23(19-13-8-6-9-14-19)20-15-10-7-11-16-20/h5-16,18H,1,17H2,2-4H3/b21-12+/t18-/m1/s1. The van der Waals surface area contributed by atoms with Crippen LogP contribution in [0.5, 0.6) is 0 Å². The fourth-order valence-electron chi connectivity index (χ4n) is 2.49. The number of benzene rings is 2. The van der Waals surface area contributed by atoms with Gasteiger partial charge in [0, 0.05) is 6.04 Å². The zero-order valence-corrected chi connectivity index (χ0v) is 15.2. The van der Waals surface area contributed by atoms with Gasteiger partial charge in [0.1, 0.15) is 0 Å². The Balaban J connectivity index is 2.46. The third-order valence-electron chi connectivity index (χ3n) is 4.01. The summed E-state index contributed by atoms with van der Waals surface area (Å²) in [6.07, 6.45) is 5.19. The first-order chi connectivity index (χ1) is 11.1. The molecule has 2 aromatic rings. The van der Waals surface area contributed by atoms with Crippen LogP contribution in [0, 0.1) is 0 Å². The van der Waals surface area contributed by atoms with Crippen LogP contribution in [0.4, 0.5) is 0 Å². The lowest BCUT2D eigenvalue weighted by Crippen LogP contribution is -2.26. The molecule has 0 fully saturated rings. The van der Waals surface area contributed by atoms with E-state index in [-0.39, 0.29) is 0 Å². The van der Waals surface area contributed by atoms with E-state index in [1.54, 1.807) is 0 Å². The summed E-state index contributed by atoms with van der Waals surface area (Å²) in [7, 11) is 3.77. The molecule has 0 N–H and O–H groups in total. The average molecular weight is 323 g/mol. The Morgan fingerprint density at radius 3 is 1.87 bits per heavy atom. The second kappa shape index (κ2) is 8.82. The Hall–Kier alpha value is -1.69. The molecule has 2 rings (SSSR count). The smallest absolute Gasteiger partial charge is 0.0102 e. The van der Waals surface area contributed by atoms with Crippen molar-refractivity contribution in [3.8, 4) is 0 Å². The van der Waals surface area contributed by atoms with Crippen LogP contribution in [0.15, 0.2) is 84.7 Å². The highest BCUT2D eigenvalue weighted by Crippen LogP contribution is 2.45. The van der Waals surface area contributed by atoms with Gasteiger partial charge in [0.15, 0.2) is 0 Å². The highest BCUT2D eigenvalue weighted by molar-refractivity contribution is 7.76. The molecule has 0 aliphatic carbocycles. The van der Waals surface area contributed by atoms with Crippen LogP contribution in [0.3, 0.4) is 0 Å². The first-order valence-corrected chi connectivity index (χ1v) is 9.36. The summed E-state index contributed by atoms with van der Waals surface area (Å²) in [6.45, 7) is 6.22. The van der Waals surface area contributed by atoms with Crippen molar-refractivity contribution in [2.24, 2.45) is 0 Å². The van der Waals surface area contributed by atoms with Crippen LogP contribution in [-0.4, -0.2) is 25.0 Å². The minimum absolute atomic E-state index is 0.499. The number of hydrogen-bond donors (Lipinski definition) is 0. The number of allylic oxidation sites excluding steroid dienone is 2. The quantitative estimate of drug-likeness (QED) is 0.534. The molecule has 0 heterocycles. The molecule has 0 aliphatic heterocycles. The van der Waals surface area contributed by atoms with Gasteiger partial charge in [-0.05, 0) is 51.3 Å². The molecule has 1 atom stereocenters. The van der Waals surface area contributed by atoms with E-state index in [1.165, 1.54) is 15.9 Å². The van der Waals surface area contributed by atoms with E-state index in [0.29, 0.717) is 6.04 Å². The maximum atomic E-state index is 3.94. The Morgan fingerprint density at radius 2 is 1.48 bits per heavy atom. The Morgan fingerprint density at radius 1 is 1.00 bits per heavy atom. The first-order valence-electron chi connectivity index (χ1n) is 8.01. The molecular weight excluding hydrogens is 297 g/mol. The van der Waals surface area contributed by atoms with Crippen molar-refractivity contribution in [3.63, 3.8) is 0 Å². The average Bonchev–Trinajstić information content (AvgIpc) is 2.57. The van der Waals surface area contributed by atoms with Crippen molar-refractivity contribution < 1.29 is 0 Å². The van der Waals surface area contributed by atoms with Gasteiger partial charge >= 0.3 is 0 Å². The van der Waals surface area contributed by atoms with Crippen molar-refractivity contribution in [3.05, 3.63) is 84.7 Å². The van der Waals surface area contributed by atoms with Crippen LogP contribution in [0.25, 0.3) is 0 Å². The predicted molar refractivity (Wildman–Crippen MR) is 105 cm³/mol. The number of hydrogen-bond acceptors (Lipinski definition) is 1. The van der Waals surface area contributed by atoms with Crippen LogP contribution < -0.4 is 10.6 Å².